The molecule has 1 rings (SSSR count). The Labute approximate surface area is 136 Å². The zero-order chi connectivity index (χ0) is 14.6. The summed E-state index contributed by atoms with van der Waals surface area (Å²) in [6.45, 7) is 3.54. The quantitative estimate of drug-likeness (QED) is 0.595. The Hall–Kier alpha value is -0.160. The van der Waals surface area contributed by atoms with Crippen LogP contribution in [-0.2, 0) is 4.79 Å². The van der Waals surface area contributed by atoms with Gasteiger partial charge in [0.2, 0.25) is 9.70 Å². The van der Waals surface area contributed by atoms with E-state index in [-0.39, 0.29) is 11.8 Å². The van der Waals surface area contributed by atoms with Crippen molar-refractivity contribution in [2.45, 2.75) is 23.8 Å². The zero-order valence-corrected chi connectivity index (χ0v) is 14.2. The first kappa shape index (κ1) is 16.9. The summed E-state index contributed by atoms with van der Waals surface area (Å²) < 4.78 is -0.716. The van der Waals surface area contributed by atoms with E-state index >= 15 is 0 Å². The maximum atomic E-state index is 11.7. The van der Waals surface area contributed by atoms with Crippen molar-refractivity contribution in [3.63, 3.8) is 0 Å². The van der Waals surface area contributed by atoms with Crippen LogP contribution in [0.25, 0.3) is 0 Å². The molecule has 0 spiro atoms. The molecule has 0 heterocycles. The highest BCUT2D eigenvalue weighted by Crippen LogP contribution is 2.31. The number of rotatable bonds is 4. The van der Waals surface area contributed by atoms with Gasteiger partial charge in [0, 0.05) is 16.1 Å². The number of alkyl halides is 3. The molecule has 1 amide bonds. The van der Waals surface area contributed by atoms with Crippen LogP contribution in [0.4, 0.5) is 5.69 Å². The van der Waals surface area contributed by atoms with Gasteiger partial charge in [-0.05, 0) is 24.3 Å². The molecule has 0 aliphatic carbocycles. The summed E-state index contributed by atoms with van der Waals surface area (Å²) in [7, 11) is 0. The maximum Gasteiger partial charge on any atom is 0.228 e. The number of hydrogen-bond donors (Lipinski definition) is 2. The second-order valence-corrected chi connectivity index (χ2v) is 7.57. The van der Waals surface area contributed by atoms with Crippen molar-refractivity contribution in [1.29, 1.82) is 0 Å². The zero-order valence-electron chi connectivity index (χ0n) is 10.4. The van der Waals surface area contributed by atoms with Crippen molar-refractivity contribution >= 4 is 62.3 Å². The van der Waals surface area contributed by atoms with E-state index in [0.717, 1.165) is 10.2 Å². The lowest BCUT2D eigenvalue weighted by Crippen LogP contribution is -2.50. The molecule has 0 aromatic heterocycles. The Morgan fingerprint density at radius 1 is 1.21 bits per heavy atom. The standard InChI is InChI=1S/C12H14BrCl3N2O/c1-7(2)10(19)18-11(12(14,15)16)17-9-5-3-8(13)4-6-9/h3-7,11,17H,1-2H3,(H,18,19)/t11-/m1/s1. The fraction of sp³-hybridized carbons (Fsp3) is 0.417. The summed E-state index contributed by atoms with van der Waals surface area (Å²) in [4.78, 5) is 11.7. The van der Waals surface area contributed by atoms with E-state index in [1.807, 2.05) is 24.3 Å². The monoisotopic (exact) mass is 386 g/mol. The average Bonchev–Trinajstić information content (AvgIpc) is 2.29. The van der Waals surface area contributed by atoms with Crippen LogP contribution in [-0.4, -0.2) is 15.9 Å². The minimum atomic E-state index is -1.66. The predicted octanol–water partition coefficient (Wildman–Crippen LogP) is 4.33. The summed E-state index contributed by atoms with van der Waals surface area (Å²) in [6, 6.07) is 7.33. The first-order valence-corrected chi connectivity index (χ1v) is 7.52. The third-order valence-corrected chi connectivity index (χ3v) is 3.48. The SMILES string of the molecule is CC(C)C(=O)N[C@@H](Nc1ccc(Br)cc1)C(Cl)(Cl)Cl. The summed E-state index contributed by atoms with van der Waals surface area (Å²) in [5.41, 5.74) is 0.739. The van der Waals surface area contributed by atoms with Crippen LogP contribution in [0.15, 0.2) is 28.7 Å². The van der Waals surface area contributed by atoms with Crippen LogP contribution in [0.3, 0.4) is 0 Å². The number of hydrogen-bond acceptors (Lipinski definition) is 2. The first-order valence-electron chi connectivity index (χ1n) is 5.59. The fourth-order valence-corrected chi connectivity index (χ4v) is 1.81. The molecule has 106 valence electrons. The minimum Gasteiger partial charge on any atom is -0.362 e. The number of halogens is 4. The second kappa shape index (κ2) is 7.02. The van der Waals surface area contributed by atoms with E-state index < -0.39 is 9.96 Å². The van der Waals surface area contributed by atoms with E-state index in [9.17, 15) is 4.79 Å². The molecule has 2 N–H and O–H groups in total. The molecule has 0 radical (unpaired) electrons. The molecule has 7 heteroatoms. The Bertz CT molecular complexity index is 432. The van der Waals surface area contributed by atoms with Crippen molar-refractivity contribution < 1.29 is 4.79 Å². The van der Waals surface area contributed by atoms with Crippen LogP contribution in [0.1, 0.15) is 13.8 Å². The Kier molecular flexibility index (Phi) is 6.24. The molecule has 1 atom stereocenters. The third-order valence-electron chi connectivity index (χ3n) is 2.29. The minimum absolute atomic E-state index is 0.193. The Morgan fingerprint density at radius 2 is 1.74 bits per heavy atom. The maximum absolute atomic E-state index is 11.7. The van der Waals surface area contributed by atoms with Crippen molar-refractivity contribution in [3.8, 4) is 0 Å². The molecule has 1 aromatic rings. The highest BCUT2D eigenvalue weighted by molar-refractivity contribution is 9.10. The molecule has 0 saturated heterocycles. The smallest absolute Gasteiger partial charge is 0.228 e. The van der Waals surface area contributed by atoms with Gasteiger partial charge in [0.1, 0.15) is 6.17 Å². The van der Waals surface area contributed by atoms with E-state index in [1.165, 1.54) is 0 Å². The van der Waals surface area contributed by atoms with Gasteiger partial charge in [-0.2, -0.15) is 0 Å². The summed E-state index contributed by atoms with van der Waals surface area (Å²) >= 11 is 21.0. The third kappa shape index (κ3) is 5.78. The van der Waals surface area contributed by atoms with Gasteiger partial charge in [0.25, 0.3) is 0 Å². The van der Waals surface area contributed by atoms with Crippen LogP contribution in [0, 0.1) is 5.92 Å². The highest BCUT2D eigenvalue weighted by atomic mass is 79.9. The molecular weight excluding hydrogens is 374 g/mol. The van der Waals surface area contributed by atoms with Crippen molar-refractivity contribution in [2.24, 2.45) is 5.92 Å². The lowest BCUT2D eigenvalue weighted by atomic mass is 10.2. The highest BCUT2D eigenvalue weighted by Gasteiger charge is 2.34. The van der Waals surface area contributed by atoms with Gasteiger partial charge in [-0.3, -0.25) is 4.79 Å². The lowest BCUT2D eigenvalue weighted by molar-refractivity contribution is -0.124. The number of amides is 1. The summed E-state index contributed by atoms with van der Waals surface area (Å²) in [5.74, 6) is -0.387. The van der Waals surface area contributed by atoms with E-state index in [2.05, 4.69) is 26.6 Å². The molecular formula is C12H14BrCl3N2O. The average molecular weight is 389 g/mol. The van der Waals surface area contributed by atoms with E-state index in [0.29, 0.717) is 0 Å². The van der Waals surface area contributed by atoms with Crippen molar-refractivity contribution in [2.75, 3.05) is 5.32 Å². The van der Waals surface area contributed by atoms with Gasteiger partial charge in [-0.25, -0.2) is 0 Å². The molecule has 0 aliphatic rings. The summed E-state index contributed by atoms with van der Waals surface area (Å²) in [6.07, 6.45) is -0.812. The van der Waals surface area contributed by atoms with Crippen LogP contribution < -0.4 is 10.6 Å². The molecule has 0 unspecified atom stereocenters. The number of benzene rings is 1. The Balaban J connectivity index is 2.81. The van der Waals surface area contributed by atoms with Crippen LogP contribution in [0.2, 0.25) is 0 Å². The molecule has 1 aromatic carbocycles. The van der Waals surface area contributed by atoms with Crippen molar-refractivity contribution in [1.82, 2.24) is 5.32 Å². The van der Waals surface area contributed by atoms with Crippen LogP contribution >= 0.6 is 50.7 Å². The van der Waals surface area contributed by atoms with E-state index in [4.69, 9.17) is 34.8 Å². The van der Waals surface area contributed by atoms with Gasteiger partial charge in [0.15, 0.2) is 0 Å². The predicted molar refractivity (Wildman–Crippen MR) is 84.8 cm³/mol. The number of carbonyl (C=O) groups is 1. The van der Waals surface area contributed by atoms with Gasteiger partial charge in [0.05, 0.1) is 0 Å². The second-order valence-electron chi connectivity index (χ2n) is 4.29. The molecule has 0 saturated carbocycles. The van der Waals surface area contributed by atoms with Crippen molar-refractivity contribution in [3.05, 3.63) is 28.7 Å². The molecule has 0 bridgehead atoms. The fourth-order valence-electron chi connectivity index (χ4n) is 1.22. The number of nitrogens with one attached hydrogen (secondary N) is 2. The largest absolute Gasteiger partial charge is 0.362 e. The molecule has 0 aliphatic heterocycles. The normalized spacial score (nSPS) is 13.2. The van der Waals surface area contributed by atoms with Gasteiger partial charge < -0.3 is 10.6 Å². The van der Waals surface area contributed by atoms with Gasteiger partial charge in [-0.1, -0.05) is 64.6 Å². The van der Waals surface area contributed by atoms with Crippen LogP contribution in [0.5, 0.6) is 0 Å². The number of anilines is 1. The molecule has 19 heavy (non-hydrogen) atoms. The van der Waals surface area contributed by atoms with Gasteiger partial charge in [-0.15, -0.1) is 0 Å². The van der Waals surface area contributed by atoms with Gasteiger partial charge >= 0.3 is 0 Å². The van der Waals surface area contributed by atoms with E-state index in [1.54, 1.807) is 13.8 Å². The Morgan fingerprint density at radius 3 is 2.16 bits per heavy atom. The first-order chi connectivity index (χ1) is 8.70. The lowest BCUT2D eigenvalue weighted by Gasteiger charge is -2.28. The molecule has 3 nitrogen and oxygen atoms in total. The number of carbonyl (C=O) groups excluding carboxylic acids is 1. The molecule has 0 fully saturated rings. The summed E-state index contributed by atoms with van der Waals surface area (Å²) in [5, 5.41) is 5.65. The topological polar surface area (TPSA) is 41.1 Å².